The zero-order valence-corrected chi connectivity index (χ0v) is 22.2. The molecule has 0 spiro atoms. The molecular weight excluding hydrogens is 460 g/mol. The van der Waals surface area contributed by atoms with E-state index in [9.17, 15) is 10.2 Å². The largest absolute Gasteiger partial charge is 0.507 e. The molecule has 0 aliphatic carbocycles. The average molecular weight is 493 g/mol. The molecular formula is C28H32N2O2S2. The number of phenols is 2. The molecule has 4 nitrogen and oxygen atoms in total. The molecule has 178 valence electrons. The number of thioether (sulfide) groups is 2. The lowest BCUT2D eigenvalue weighted by Crippen LogP contribution is -2.06. The topological polar surface area (TPSA) is 65.2 Å². The molecule has 0 radical (unpaired) electrons. The van der Waals surface area contributed by atoms with Crippen LogP contribution in [-0.4, -0.2) is 32.1 Å². The van der Waals surface area contributed by atoms with Gasteiger partial charge in [-0.3, -0.25) is 9.98 Å². The maximum Gasteiger partial charge on any atom is 0.124 e. The van der Waals surface area contributed by atoms with E-state index in [0.717, 1.165) is 9.79 Å². The van der Waals surface area contributed by atoms with Crippen LogP contribution < -0.4 is 0 Å². The van der Waals surface area contributed by atoms with Crippen molar-refractivity contribution in [2.45, 2.75) is 60.8 Å². The van der Waals surface area contributed by atoms with Crippen molar-refractivity contribution in [2.24, 2.45) is 9.98 Å². The van der Waals surface area contributed by atoms with Crippen LogP contribution in [0, 0.1) is 0 Å². The Hall–Kier alpha value is -2.70. The van der Waals surface area contributed by atoms with Crippen LogP contribution in [0.3, 0.4) is 0 Å². The van der Waals surface area contributed by atoms with Crippen molar-refractivity contribution in [3.63, 3.8) is 0 Å². The van der Waals surface area contributed by atoms with Crippen LogP contribution >= 0.6 is 23.5 Å². The highest BCUT2D eigenvalue weighted by atomic mass is 32.2. The molecule has 2 N–H and O–H groups in total. The van der Waals surface area contributed by atoms with Gasteiger partial charge in [-0.05, 0) is 48.5 Å². The minimum atomic E-state index is 0.0704. The van der Waals surface area contributed by atoms with Gasteiger partial charge in [0.15, 0.2) is 0 Å². The van der Waals surface area contributed by atoms with Gasteiger partial charge < -0.3 is 10.2 Å². The Morgan fingerprint density at radius 2 is 1.00 bits per heavy atom. The number of aliphatic imine (C=N–C) groups is 2. The molecule has 0 aromatic heterocycles. The van der Waals surface area contributed by atoms with Crippen LogP contribution in [0.4, 0.5) is 11.4 Å². The highest BCUT2D eigenvalue weighted by molar-refractivity contribution is 8.00. The Bertz CT molecular complexity index is 1110. The van der Waals surface area contributed by atoms with Crippen LogP contribution in [0.2, 0.25) is 0 Å². The zero-order valence-electron chi connectivity index (χ0n) is 20.5. The maximum absolute atomic E-state index is 10.3. The number of aromatic hydroxyl groups is 2. The number of phenolic OH excluding ortho intramolecular Hbond substituents is 2. The van der Waals surface area contributed by atoms with Gasteiger partial charge in [-0.1, -0.05) is 53.7 Å². The van der Waals surface area contributed by atoms with Crippen molar-refractivity contribution in [1.29, 1.82) is 0 Å². The van der Waals surface area contributed by atoms with Gasteiger partial charge in [-0.2, -0.15) is 0 Å². The molecule has 6 heteroatoms. The molecule has 0 amide bonds. The first kappa shape index (κ1) is 25.9. The highest BCUT2D eigenvalue weighted by Crippen LogP contribution is 2.35. The van der Waals surface area contributed by atoms with Gasteiger partial charge in [-0.25, -0.2) is 0 Å². The fourth-order valence-corrected chi connectivity index (χ4v) is 5.12. The summed E-state index contributed by atoms with van der Waals surface area (Å²) < 4.78 is 0.141. The number of benzene rings is 3. The zero-order chi connectivity index (χ0) is 24.9. The summed E-state index contributed by atoms with van der Waals surface area (Å²) in [6.45, 7) is 12.9. The number of hydrogen-bond donors (Lipinski definition) is 2. The van der Waals surface area contributed by atoms with E-state index in [4.69, 9.17) is 0 Å². The monoisotopic (exact) mass is 492 g/mol. The fraction of sp³-hybridized carbons (Fsp3) is 0.286. The molecule has 0 fully saturated rings. The van der Waals surface area contributed by atoms with Gasteiger partial charge in [0.2, 0.25) is 0 Å². The second-order valence-corrected chi connectivity index (χ2v) is 13.7. The van der Waals surface area contributed by atoms with Crippen LogP contribution in [0.15, 0.2) is 80.4 Å². The van der Waals surface area contributed by atoms with Gasteiger partial charge in [0.1, 0.15) is 11.5 Å². The lowest BCUT2D eigenvalue weighted by molar-refractivity contribution is 0.473. The second kappa shape index (κ2) is 10.7. The molecule has 0 unspecified atom stereocenters. The van der Waals surface area contributed by atoms with Crippen LogP contribution in [-0.2, 0) is 0 Å². The number of hydrogen-bond acceptors (Lipinski definition) is 6. The Balaban J connectivity index is 1.87. The molecule has 3 aromatic rings. The third-order valence-corrected chi connectivity index (χ3v) is 6.62. The average Bonchev–Trinajstić information content (AvgIpc) is 2.73. The normalized spacial score (nSPS) is 12.6. The first-order chi connectivity index (χ1) is 15.9. The van der Waals surface area contributed by atoms with E-state index in [1.807, 2.05) is 48.5 Å². The van der Waals surface area contributed by atoms with Gasteiger partial charge >= 0.3 is 0 Å². The Morgan fingerprint density at radius 1 is 0.618 bits per heavy atom. The number of para-hydroxylation sites is 2. The van der Waals surface area contributed by atoms with Crippen LogP contribution in [0.1, 0.15) is 52.7 Å². The lowest BCUT2D eigenvalue weighted by atomic mass is 10.2. The second-order valence-electron chi connectivity index (χ2n) is 9.88. The van der Waals surface area contributed by atoms with Gasteiger partial charge in [0.25, 0.3) is 0 Å². The summed E-state index contributed by atoms with van der Waals surface area (Å²) in [5.41, 5.74) is 2.65. The van der Waals surface area contributed by atoms with Crippen LogP contribution in [0.25, 0.3) is 0 Å². The Morgan fingerprint density at radius 3 is 1.35 bits per heavy atom. The summed E-state index contributed by atoms with van der Waals surface area (Å²) >= 11 is 3.48. The third kappa shape index (κ3) is 7.96. The number of rotatable bonds is 6. The van der Waals surface area contributed by atoms with Crippen molar-refractivity contribution in [3.8, 4) is 11.5 Å². The molecule has 0 bridgehead atoms. The Kier molecular flexibility index (Phi) is 8.16. The minimum Gasteiger partial charge on any atom is -0.507 e. The quantitative estimate of drug-likeness (QED) is 0.268. The summed E-state index contributed by atoms with van der Waals surface area (Å²) in [4.78, 5) is 11.3. The highest BCUT2D eigenvalue weighted by Gasteiger charge is 2.14. The van der Waals surface area contributed by atoms with E-state index in [2.05, 4.69) is 51.5 Å². The smallest absolute Gasteiger partial charge is 0.124 e. The molecule has 0 aliphatic rings. The minimum absolute atomic E-state index is 0.0704. The van der Waals surface area contributed by atoms with Crippen LogP contribution in [0.5, 0.6) is 11.5 Å². The number of nitrogens with zero attached hydrogens (tertiary/aromatic N) is 2. The fourth-order valence-electron chi connectivity index (χ4n) is 3.07. The molecule has 0 aliphatic heterocycles. The van der Waals surface area contributed by atoms with E-state index < -0.39 is 0 Å². The van der Waals surface area contributed by atoms with E-state index in [1.165, 1.54) is 0 Å². The lowest BCUT2D eigenvalue weighted by Gasteiger charge is -2.17. The molecule has 3 aromatic carbocycles. The Labute approximate surface area is 211 Å². The summed E-state index contributed by atoms with van der Waals surface area (Å²) in [6.07, 6.45) is 3.32. The SMILES string of the molecule is CC(C)(C)Sc1ccc(O)c(C=Nc2ccccc2N=Cc2cc(SC(C)(C)C)ccc2O)c1. The molecule has 34 heavy (non-hydrogen) atoms. The van der Waals surface area contributed by atoms with Crippen molar-refractivity contribution in [1.82, 2.24) is 0 Å². The van der Waals surface area contributed by atoms with Crippen molar-refractivity contribution in [2.75, 3.05) is 0 Å². The van der Waals surface area contributed by atoms with Gasteiger partial charge in [-0.15, -0.1) is 23.5 Å². The van der Waals surface area contributed by atoms with Crippen molar-refractivity contribution < 1.29 is 10.2 Å². The van der Waals surface area contributed by atoms with E-state index in [1.54, 1.807) is 48.1 Å². The van der Waals surface area contributed by atoms with Gasteiger partial charge in [0, 0.05) is 42.8 Å². The summed E-state index contributed by atoms with van der Waals surface area (Å²) in [5.74, 6) is 0.363. The summed E-state index contributed by atoms with van der Waals surface area (Å²) in [6, 6.07) is 18.7. The third-order valence-electron chi connectivity index (χ3n) is 4.41. The van der Waals surface area contributed by atoms with Crippen molar-refractivity contribution in [3.05, 3.63) is 71.8 Å². The predicted molar refractivity (Wildman–Crippen MR) is 148 cm³/mol. The molecule has 3 rings (SSSR count). The van der Waals surface area contributed by atoms with Gasteiger partial charge in [0.05, 0.1) is 11.4 Å². The van der Waals surface area contributed by atoms with E-state index in [-0.39, 0.29) is 21.0 Å². The van der Waals surface area contributed by atoms with Crippen molar-refractivity contribution >= 4 is 47.3 Å². The molecule has 0 atom stereocenters. The first-order valence-corrected chi connectivity index (χ1v) is 12.7. The maximum atomic E-state index is 10.3. The molecule has 0 saturated carbocycles. The first-order valence-electron chi connectivity index (χ1n) is 11.1. The standard InChI is InChI=1S/C28H32N2O2S2/c1-27(2,3)33-21-11-13-25(31)19(15-21)17-29-23-9-7-8-10-24(23)30-18-20-16-22(12-14-26(20)32)34-28(4,5)6/h7-18,31-32H,1-6H3. The molecule has 0 heterocycles. The predicted octanol–water partition coefficient (Wildman–Crippen LogP) is 8.38. The summed E-state index contributed by atoms with van der Waals surface area (Å²) in [5, 5.41) is 20.6. The van der Waals surface area contributed by atoms with E-state index >= 15 is 0 Å². The van der Waals surface area contributed by atoms with E-state index in [0.29, 0.717) is 22.5 Å². The molecule has 0 saturated heterocycles. The summed E-state index contributed by atoms with van der Waals surface area (Å²) in [7, 11) is 0.